The molecule has 0 aliphatic heterocycles. The van der Waals surface area contributed by atoms with Crippen LogP contribution in [-0.2, 0) is 65.4 Å². The second-order valence-corrected chi connectivity index (χ2v) is 25.6. The van der Waals surface area contributed by atoms with Crippen LogP contribution in [0.5, 0.6) is 0 Å². The molecular weight excluding hydrogens is 1030 g/mol. The highest BCUT2D eigenvalue weighted by molar-refractivity contribution is 7.47. The van der Waals surface area contributed by atoms with Crippen molar-refractivity contribution in [3.05, 3.63) is 0 Å². The predicted molar refractivity (Wildman–Crippen MR) is 303 cm³/mol. The number of aliphatic hydroxyl groups is 1. The molecule has 6 atom stereocenters. The molecule has 0 saturated carbocycles. The number of phosphoric acid groups is 2. The molecule has 456 valence electrons. The molecule has 17 nitrogen and oxygen atoms in total. The molecule has 0 bridgehead atoms. The lowest BCUT2D eigenvalue weighted by atomic mass is 10.00. The van der Waals surface area contributed by atoms with E-state index in [4.69, 9.17) is 37.0 Å². The number of phosphoric ester groups is 2. The highest BCUT2D eigenvalue weighted by Gasteiger charge is 2.30. The summed E-state index contributed by atoms with van der Waals surface area (Å²) in [4.78, 5) is 71.8. The Morgan fingerprint density at radius 1 is 0.364 bits per heavy atom. The smallest absolute Gasteiger partial charge is 0.462 e. The second kappa shape index (κ2) is 48.7. The van der Waals surface area contributed by atoms with Crippen LogP contribution in [0.15, 0.2) is 0 Å². The molecule has 0 aromatic heterocycles. The molecule has 0 heterocycles. The number of carbonyl (C=O) groups is 4. The first-order chi connectivity index (χ1) is 36.6. The van der Waals surface area contributed by atoms with E-state index in [1.807, 2.05) is 0 Å². The maximum absolute atomic E-state index is 12.9. The average molecular weight is 1140 g/mol. The Bertz CT molecular complexity index is 1560. The van der Waals surface area contributed by atoms with E-state index in [1.54, 1.807) is 0 Å². The van der Waals surface area contributed by atoms with E-state index in [1.165, 1.54) is 57.8 Å². The van der Waals surface area contributed by atoms with E-state index in [0.29, 0.717) is 43.4 Å². The van der Waals surface area contributed by atoms with Gasteiger partial charge in [0.15, 0.2) is 12.2 Å². The number of hydrogen-bond acceptors (Lipinski definition) is 15. The third-order valence-corrected chi connectivity index (χ3v) is 15.3. The summed E-state index contributed by atoms with van der Waals surface area (Å²) >= 11 is 0. The van der Waals surface area contributed by atoms with E-state index < -0.39 is 97.5 Å². The van der Waals surface area contributed by atoms with E-state index in [9.17, 15) is 43.2 Å². The number of rotatable bonds is 55. The lowest BCUT2D eigenvalue weighted by Crippen LogP contribution is -2.30. The SMILES string of the molecule is CCC(C)CCCCCCCCC(=O)OC[C@H](COP(=O)(O)OC[C@H](O)COP(=O)(O)OC[C@@H](COC(=O)CCCCCCCCC(C)C)OC(=O)CCCCCCCCC(C)C)OC(=O)CCCCCCCCC(C)C. The Balaban J connectivity index is 5.24. The van der Waals surface area contributed by atoms with Crippen molar-refractivity contribution in [2.24, 2.45) is 23.7 Å². The summed E-state index contributed by atoms with van der Waals surface area (Å²) in [5.74, 6) is 0.592. The zero-order valence-corrected chi connectivity index (χ0v) is 51.4. The van der Waals surface area contributed by atoms with Crippen molar-refractivity contribution in [2.75, 3.05) is 39.6 Å². The zero-order chi connectivity index (χ0) is 57.6. The van der Waals surface area contributed by atoms with Gasteiger partial charge >= 0.3 is 39.5 Å². The quantitative estimate of drug-likeness (QED) is 0.0222. The maximum Gasteiger partial charge on any atom is 0.472 e. The predicted octanol–water partition coefficient (Wildman–Crippen LogP) is 15.0. The summed E-state index contributed by atoms with van der Waals surface area (Å²) in [5.41, 5.74) is 0. The number of hydrogen-bond donors (Lipinski definition) is 3. The molecule has 0 rings (SSSR count). The molecule has 77 heavy (non-hydrogen) atoms. The van der Waals surface area contributed by atoms with Gasteiger partial charge in [-0.05, 0) is 49.4 Å². The molecule has 0 aliphatic rings. The van der Waals surface area contributed by atoms with Crippen LogP contribution in [0.25, 0.3) is 0 Å². The Kier molecular flexibility index (Phi) is 47.5. The molecule has 19 heteroatoms. The molecule has 0 aromatic carbocycles. The van der Waals surface area contributed by atoms with Gasteiger partial charge in [0.1, 0.15) is 19.3 Å². The fraction of sp³-hybridized carbons (Fsp3) is 0.931. The number of unbranched alkanes of at least 4 members (excludes halogenated alkanes) is 20. The molecule has 0 aliphatic carbocycles. The minimum atomic E-state index is -4.94. The van der Waals surface area contributed by atoms with Crippen LogP contribution in [0.3, 0.4) is 0 Å². The monoisotopic (exact) mass is 1140 g/mol. The number of ether oxygens (including phenoxy) is 4. The third kappa shape index (κ3) is 51.9. The Hall–Kier alpha value is -1.94. The van der Waals surface area contributed by atoms with Crippen molar-refractivity contribution >= 4 is 39.5 Å². The van der Waals surface area contributed by atoms with Crippen molar-refractivity contribution in [3.8, 4) is 0 Å². The summed E-state index contributed by atoms with van der Waals surface area (Å²) in [6.45, 7) is 13.7. The van der Waals surface area contributed by atoms with Crippen LogP contribution in [-0.4, -0.2) is 96.7 Å². The van der Waals surface area contributed by atoms with Gasteiger partial charge in [-0.25, -0.2) is 9.13 Å². The number of aliphatic hydroxyl groups excluding tert-OH is 1. The molecule has 0 radical (unpaired) electrons. The molecule has 0 spiro atoms. The second-order valence-electron chi connectivity index (χ2n) is 22.7. The van der Waals surface area contributed by atoms with Crippen molar-refractivity contribution in [1.29, 1.82) is 0 Å². The largest absolute Gasteiger partial charge is 0.472 e. The zero-order valence-electron chi connectivity index (χ0n) is 49.6. The number of carbonyl (C=O) groups excluding carboxylic acids is 4. The lowest BCUT2D eigenvalue weighted by molar-refractivity contribution is -0.161. The van der Waals surface area contributed by atoms with Crippen molar-refractivity contribution < 1.29 is 80.2 Å². The van der Waals surface area contributed by atoms with Gasteiger partial charge in [0.25, 0.3) is 0 Å². The first-order valence-electron chi connectivity index (χ1n) is 30.2. The van der Waals surface area contributed by atoms with Crippen molar-refractivity contribution in [2.45, 2.75) is 286 Å². The normalized spacial score (nSPS) is 15.0. The highest BCUT2D eigenvalue weighted by Crippen LogP contribution is 2.45. The standard InChI is InChI=1S/C58H112O17P2/c1-9-51(8)37-29-21-13-17-23-31-39-56(61)69-45-54(75-58(63)41-33-25-16-12-20-28-36-50(6)7)47-73-77(66,67)71-43-52(59)42-70-76(64,65)72-46-53(74-57(62)40-32-24-15-11-19-27-35-49(4)5)44-68-55(60)38-30-22-14-10-18-26-34-48(2)3/h48-54,59H,9-47H2,1-8H3,(H,64,65)(H,66,67)/t51?,52-,53-,54-/m1/s1. The minimum absolute atomic E-state index is 0.1000. The van der Waals surface area contributed by atoms with Gasteiger partial charge in [-0.3, -0.25) is 37.3 Å². The fourth-order valence-electron chi connectivity index (χ4n) is 8.34. The number of esters is 4. The van der Waals surface area contributed by atoms with Gasteiger partial charge in [0, 0.05) is 25.7 Å². The van der Waals surface area contributed by atoms with Crippen LogP contribution < -0.4 is 0 Å². The van der Waals surface area contributed by atoms with Gasteiger partial charge < -0.3 is 33.8 Å². The highest BCUT2D eigenvalue weighted by atomic mass is 31.2. The summed E-state index contributed by atoms with van der Waals surface area (Å²) < 4.78 is 67.6. The molecule has 0 aromatic rings. The van der Waals surface area contributed by atoms with Gasteiger partial charge in [-0.1, -0.05) is 216 Å². The Labute approximate surface area is 467 Å². The topological polar surface area (TPSA) is 237 Å². The van der Waals surface area contributed by atoms with Crippen LogP contribution in [0.1, 0.15) is 267 Å². The van der Waals surface area contributed by atoms with E-state index in [2.05, 4.69) is 55.4 Å². The van der Waals surface area contributed by atoms with Crippen LogP contribution in [0, 0.1) is 23.7 Å². The summed E-state index contributed by atoms with van der Waals surface area (Å²) in [5, 5.41) is 10.5. The van der Waals surface area contributed by atoms with Gasteiger partial charge in [0.2, 0.25) is 0 Å². The van der Waals surface area contributed by atoms with Crippen molar-refractivity contribution in [3.63, 3.8) is 0 Å². The maximum atomic E-state index is 12.9. The lowest BCUT2D eigenvalue weighted by Gasteiger charge is -2.21. The fourth-order valence-corrected chi connectivity index (χ4v) is 9.92. The van der Waals surface area contributed by atoms with Gasteiger partial charge in [-0.2, -0.15) is 0 Å². The minimum Gasteiger partial charge on any atom is -0.462 e. The average Bonchev–Trinajstić information content (AvgIpc) is 3.37. The summed E-state index contributed by atoms with van der Waals surface area (Å²) in [6.07, 6.45) is 25.8. The van der Waals surface area contributed by atoms with Crippen LogP contribution in [0.4, 0.5) is 0 Å². The molecule has 0 fully saturated rings. The van der Waals surface area contributed by atoms with Gasteiger partial charge in [-0.15, -0.1) is 0 Å². The Morgan fingerprint density at radius 2 is 0.623 bits per heavy atom. The van der Waals surface area contributed by atoms with E-state index in [0.717, 1.165) is 109 Å². The van der Waals surface area contributed by atoms with E-state index >= 15 is 0 Å². The first kappa shape index (κ1) is 75.1. The summed E-state index contributed by atoms with van der Waals surface area (Å²) in [6, 6.07) is 0. The molecule has 0 amide bonds. The Morgan fingerprint density at radius 3 is 0.922 bits per heavy atom. The van der Waals surface area contributed by atoms with Crippen molar-refractivity contribution in [1.82, 2.24) is 0 Å². The summed E-state index contributed by atoms with van der Waals surface area (Å²) in [7, 11) is -9.87. The molecule has 0 saturated heterocycles. The first-order valence-corrected chi connectivity index (χ1v) is 33.2. The molecule has 3 N–H and O–H groups in total. The molecule has 3 unspecified atom stereocenters. The molecular formula is C58H112O17P2. The van der Waals surface area contributed by atoms with Crippen LogP contribution >= 0.6 is 15.6 Å². The van der Waals surface area contributed by atoms with Gasteiger partial charge in [0.05, 0.1) is 26.4 Å². The third-order valence-electron chi connectivity index (χ3n) is 13.4. The van der Waals surface area contributed by atoms with Crippen LogP contribution in [0.2, 0.25) is 0 Å². The van der Waals surface area contributed by atoms with E-state index in [-0.39, 0.29) is 25.7 Å².